The number of piperidine rings is 1. The summed E-state index contributed by atoms with van der Waals surface area (Å²) in [6.45, 7) is 3.78. The third kappa shape index (κ3) is 3.93. The van der Waals surface area contributed by atoms with Gasteiger partial charge in [0.1, 0.15) is 0 Å². The van der Waals surface area contributed by atoms with Crippen LogP contribution in [0.3, 0.4) is 0 Å². The van der Waals surface area contributed by atoms with Crippen molar-refractivity contribution in [1.82, 2.24) is 14.3 Å². The summed E-state index contributed by atoms with van der Waals surface area (Å²) in [4.78, 5) is 0. The second kappa shape index (κ2) is 6.73. The zero-order valence-corrected chi connectivity index (χ0v) is 13.6. The van der Waals surface area contributed by atoms with Crippen LogP contribution in [0.1, 0.15) is 51.9 Å². The van der Waals surface area contributed by atoms with E-state index in [1.165, 1.54) is 32.1 Å². The van der Waals surface area contributed by atoms with Crippen LogP contribution in [0.5, 0.6) is 0 Å². The zero-order valence-electron chi connectivity index (χ0n) is 12.8. The highest BCUT2D eigenvalue weighted by molar-refractivity contribution is 7.87. The fraction of sp³-hybridized carbons (Fsp3) is 1.00. The maximum absolute atomic E-state index is 12.3. The maximum Gasteiger partial charge on any atom is 0.279 e. The van der Waals surface area contributed by atoms with Crippen LogP contribution < -0.4 is 10.0 Å². The molecule has 0 radical (unpaired) electrons. The predicted molar refractivity (Wildman–Crippen MR) is 81.8 cm³/mol. The lowest BCUT2D eigenvalue weighted by atomic mass is 9.68. The molecule has 5 nitrogen and oxygen atoms in total. The zero-order chi connectivity index (χ0) is 14.6. The monoisotopic (exact) mass is 303 g/mol. The van der Waals surface area contributed by atoms with Crippen LogP contribution in [0.25, 0.3) is 0 Å². The van der Waals surface area contributed by atoms with Gasteiger partial charge in [0.2, 0.25) is 0 Å². The molecule has 1 spiro atoms. The minimum atomic E-state index is -3.30. The second-order valence-corrected chi connectivity index (χ2v) is 8.26. The first-order valence-corrected chi connectivity index (χ1v) is 9.33. The van der Waals surface area contributed by atoms with Gasteiger partial charge in [0.15, 0.2) is 0 Å². The minimum Gasteiger partial charge on any atom is -0.316 e. The average Bonchev–Trinajstić information content (AvgIpc) is 2.46. The van der Waals surface area contributed by atoms with E-state index < -0.39 is 10.2 Å². The molecule has 2 rings (SSSR count). The van der Waals surface area contributed by atoms with E-state index in [0.717, 1.165) is 12.8 Å². The lowest BCUT2D eigenvalue weighted by molar-refractivity contribution is 0.102. The first-order chi connectivity index (χ1) is 9.47. The van der Waals surface area contributed by atoms with E-state index in [9.17, 15) is 8.42 Å². The maximum atomic E-state index is 12.3. The van der Waals surface area contributed by atoms with Crippen molar-refractivity contribution in [2.24, 2.45) is 5.41 Å². The molecule has 1 aliphatic carbocycles. The molecule has 1 aliphatic heterocycles. The number of nitrogens with zero attached hydrogens (tertiary/aromatic N) is 1. The van der Waals surface area contributed by atoms with E-state index in [4.69, 9.17) is 0 Å². The molecule has 1 atom stereocenters. The van der Waals surface area contributed by atoms with Crippen molar-refractivity contribution in [3.63, 3.8) is 0 Å². The van der Waals surface area contributed by atoms with Crippen molar-refractivity contribution >= 4 is 10.2 Å². The van der Waals surface area contributed by atoms with Gasteiger partial charge in [-0.05, 0) is 45.1 Å². The lowest BCUT2D eigenvalue weighted by Gasteiger charge is -2.43. The molecule has 0 bridgehead atoms. The van der Waals surface area contributed by atoms with Gasteiger partial charge in [0, 0.05) is 25.7 Å². The van der Waals surface area contributed by atoms with Gasteiger partial charge >= 0.3 is 0 Å². The highest BCUT2D eigenvalue weighted by Gasteiger charge is 2.38. The van der Waals surface area contributed by atoms with Crippen LogP contribution in [0.2, 0.25) is 0 Å². The van der Waals surface area contributed by atoms with Gasteiger partial charge in [0.25, 0.3) is 10.2 Å². The van der Waals surface area contributed by atoms with Crippen LogP contribution in [-0.4, -0.2) is 45.4 Å². The van der Waals surface area contributed by atoms with Crippen molar-refractivity contribution in [1.29, 1.82) is 0 Å². The van der Waals surface area contributed by atoms with Gasteiger partial charge in [0.05, 0.1) is 0 Å². The minimum absolute atomic E-state index is 0.152. The Morgan fingerprint density at radius 3 is 2.25 bits per heavy atom. The number of nitrogens with one attached hydrogen (secondary N) is 2. The van der Waals surface area contributed by atoms with E-state index in [2.05, 4.69) is 10.0 Å². The molecule has 0 aromatic rings. The van der Waals surface area contributed by atoms with E-state index in [-0.39, 0.29) is 6.04 Å². The highest BCUT2D eigenvalue weighted by Crippen LogP contribution is 2.44. The van der Waals surface area contributed by atoms with Crippen molar-refractivity contribution in [3.8, 4) is 0 Å². The molecular formula is C14H29N3O2S. The molecule has 2 N–H and O–H groups in total. The van der Waals surface area contributed by atoms with Crippen LogP contribution in [0.4, 0.5) is 0 Å². The summed E-state index contributed by atoms with van der Waals surface area (Å²) in [5.41, 5.74) is 0.447. The SMILES string of the molecule is CNC(C)CNS(=O)(=O)N1CCC2(CCCCC2)CC1. The normalized spacial score (nSPS) is 25.7. The third-order valence-electron chi connectivity index (χ3n) is 5.10. The van der Waals surface area contributed by atoms with E-state index in [1.54, 1.807) is 4.31 Å². The standard InChI is InChI=1S/C14H29N3O2S/c1-13(15-2)12-16-20(18,19)17-10-8-14(9-11-17)6-4-3-5-7-14/h13,15-16H,3-12H2,1-2H3. The fourth-order valence-corrected chi connectivity index (χ4v) is 4.73. The summed E-state index contributed by atoms with van der Waals surface area (Å²) in [6.07, 6.45) is 8.67. The van der Waals surface area contributed by atoms with Crippen LogP contribution in [-0.2, 0) is 10.2 Å². The van der Waals surface area contributed by atoms with Crippen LogP contribution in [0, 0.1) is 5.41 Å². The van der Waals surface area contributed by atoms with Crippen molar-refractivity contribution in [3.05, 3.63) is 0 Å². The molecule has 6 heteroatoms. The number of likely N-dealkylation sites (N-methyl/N-ethyl adjacent to an activating group) is 1. The third-order valence-corrected chi connectivity index (χ3v) is 6.68. The van der Waals surface area contributed by atoms with Crippen molar-refractivity contribution < 1.29 is 8.42 Å². The van der Waals surface area contributed by atoms with E-state index in [0.29, 0.717) is 25.0 Å². The van der Waals surface area contributed by atoms with Gasteiger partial charge in [-0.2, -0.15) is 12.7 Å². The first kappa shape index (κ1) is 16.2. The van der Waals surface area contributed by atoms with Crippen LogP contribution >= 0.6 is 0 Å². The van der Waals surface area contributed by atoms with Crippen LogP contribution in [0.15, 0.2) is 0 Å². The van der Waals surface area contributed by atoms with Gasteiger partial charge in [-0.3, -0.25) is 0 Å². The smallest absolute Gasteiger partial charge is 0.279 e. The lowest BCUT2D eigenvalue weighted by Crippen LogP contribution is -2.50. The summed E-state index contributed by atoms with van der Waals surface area (Å²) in [5, 5.41) is 3.04. The Bertz CT molecular complexity index is 395. The molecule has 1 saturated carbocycles. The van der Waals surface area contributed by atoms with Gasteiger partial charge in [-0.15, -0.1) is 0 Å². The van der Waals surface area contributed by atoms with Crippen molar-refractivity contribution in [2.45, 2.75) is 57.9 Å². The van der Waals surface area contributed by atoms with Gasteiger partial charge < -0.3 is 5.32 Å². The molecule has 118 valence electrons. The molecule has 20 heavy (non-hydrogen) atoms. The highest BCUT2D eigenvalue weighted by atomic mass is 32.2. The number of rotatable bonds is 5. The molecule has 0 amide bonds. The Labute approximate surface area is 123 Å². The molecular weight excluding hydrogens is 274 g/mol. The topological polar surface area (TPSA) is 61.4 Å². The molecule has 2 aliphatic rings. The Morgan fingerprint density at radius 1 is 1.10 bits per heavy atom. The molecule has 2 fully saturated rings. The Hall–Kier alpha value is -0.170. The summed E-state index contributed by atoms with van der Waals surface area (Å²) < 4.78 is 28.9. The average molecular weight is 303 g/mol. The predicted octanol–water partition coefficient (Wildman–Crippen LogP) is 1.47. The molecule has 0 aromatic heterocycles. The largest absolute Gasteiger partial charge is 0.316 e. The van der Waals surface area contributed by atoms with E-state index in [1.807, 2.05) is 14.0 Å². The number of hydrogen-bond donors (Lipinski definition) is 2. The van der Waals surface area contributed by atoms with Crippen molar-refractivity contribution in [2.75, 3.05) is 26.7 Å². The Kier molecular flexibility index (Phi) is 5.45. The molecule has 0 aromatic carbocycles. The Morgan fingerprint density at radius 2 is 1.70 bits per heavy atom. The van der Waals surface area contributed by atoms with E-state index >= 15 is 0 Å². The summed E-state index contributed by atoms with van der Waals surface area (Å²) in [7, 11) is -1.46. The Balaban J connectivity index is 1.86. The fourth-order valence-electron chi connectivity index (χ4n) is 3.43. The summed E-state index contributed by atoms with van der Waals surface area (Å²) >= 11 is 0. The first-order valence-electron chi connectivity index (χ1n) is 7.89. The summed E-state index contributed by atoms with van der Waals surface area (Å²) in [6, 6.07) is 0.152. The molecule has 1 saturated heterocycles. The molecule has 1 heterocycles. The van der Waals surface area contributed by atoms with Gasteiger partial charge in [-0.1, -0.05) is 19.3 Å². The quantitative estimate of drug-likeness (QED) is 0.808. The number of hydrogen-bond acceptors (Lipinski definition) is 3. The van der Waals surface area contributed by atoms with Gasteiger partial charge in [-0.25, -0.2) is 4.72 Å². The second-order valence-electron chi connectivity index (χ2n) is 6.50. The molecule has 1 unspecified atom stereocenters. The summed E-state index contributed by atoms with van der Waals surface area (Å²) in [5.74, 6) is 0.